The summed E-state index contributed by atoms with van der Waals surface area (Å²) in [4.78, 5) is 0. The molecule has 0 amide bonds. The molecule has 0 saturated carbocycles. The monoisotopic (exact) mass is 310 g/mol. The number of halogens is 3. The maximum absolute atomic E-state index is 10.2. The van der Waals surface area contributed by atoms with Gasteiger partial charge in [-0.15, -0.1) is 5.11 Å². The topological polar surface area (TPSA) is 81.9 Å². The molecule has 10 heteroatoms. The number of rotatable bonds is 2. The predicted molar refractivity (Wildman–Crippen MR) is 55.7 cm³/mol. The van der Waals surface area contributed by atoms with Gasteiger partial charge < -0.3 is 4.55 Å². The second kappa shape index (κ2) is 6.51. The van der Waals surface area contributed by atoms with Gasteiger partial charge in [0, 0.05) is 5.02 Å². The van der Waals surface area contributed by atoms with Crippen molar-refractivity contribution in [2.45, 2.75) is 0 Å². The molecule has 0 aliphatic rings. The molecule has 0 unspecified atom stereocenters. The van der Waals surface area contributed by atoms with Crippen molar-refractivity contribution in [1.29, 1.82) is 0 Å². The van der Waals surface area contributed by atoms with Crippen LogP contribution in [0.25, 0.3) is 0 Å². The second-order valence-corrected chi connectivity index (χ2v) is 4.60. The van der Waals surface area contributed by atoms with E-state index in [4.69, 9.17) is 34.8 Å². The van der Waals surface area contributed by atoms with E-state index in [-0.39, 0.29) is 50.3 Å². The predicted octanol–water partition coefficient (Wildman–Crippen LogP) is 0.195. The van der Waals surface area contributed by atoms with Crippen LogP contribution in [0.4, 0.5) is 5.69 Å². The van der Waals surface area contributed by atoms with Gasteiger partial charge in [0.1, 0.15) is 5.69 Å². The summed E-state index contributed by atoms with van der Waals surface area (Å²) in [5, 5.41) is 3.38. The van der Waals surface area contributed by atoms with Gasteiger partial charge in [0.15, 0.2) is 0 Å². The first-order chi connectivity index (χ1) is 6.79. The first-order valence-electron chi connectivity index (χ1n) is 3.33. The van der Waals surface area contributed by atoms with E-state index in [2.05, 4.69) is 9.63 Å². The Labute approximate surface area is 129 Å². The minimum atomic E-state index is -4.81. The van der Waals surface area contributed by atoms with Gasteiger partial charge >= 0.3 is 29.6 Å². The van der Waals surface area contributed by atoms with E-state index in [1.807, 2.05) is 0 Å². The van der Waals surface area contributed by atoms with Crippen LogP contribution in [0.15, 0.2) is 21.8 Å². The summed E-state index contributed by atoms with van der Waals surface area (Å²) in [5.41, 5.74) is -0.123. The molecular weight excluding hydrogens is 309 g/mol. The average molecular weight is 312 g/mol. The molecule has 82 valence electrons. The molecule has 0 spiro atoms. The molecule has 1 aromatic carbocycles. The third-order valence-electron chi connectivity index (χ3n) is 1.22. The van der Waals surface area contributed by atoms with Crippen LogP contribution in [0.3, 0.4) is 0 Å². The van der Waals surface area contributed by atoms with Crippen LogP contribution >= 0.6 is 34.8 Å². The first kappa shape index (κ1) is 16.6. The van der Waals surface area contributed by atoms with Crippen LogP contribution in [-0.2, 0) is 10.3 Å². The average Bonchev–Trinajstić information content (AvgIpc) is 1.99. The van der Waals surface area contributed by atoms with Gasteiger partial charge in [-0.3, -0.25) is 0 Å². The molecule has 0 bridgehead atoms. The third kappa shape index (κ3) is 5.29. The molecule has 0 heterocycles. The van der Waals surface area contributed by atoms with Crippen molar-refractivity contribution in [1.82, 2.24) is 0 Å². The van der Waals surface area contributed by atoms with Crippen molar-refractivity contribution in [2.24, 2.45) is 9.63 Å². The molecule has 1 rings (SSSR count). The van der Waals surface area contributed by atoms with Gasteiger partial charge in [-0.25, -0.2) is 8.42 Å². The summed E-state index contributed by atoms with van der Waals surface area (Å²) in [6.45, 7) is 0. The number of benzene rings is 1. The molecule has 0 N–H and O–H groups in total. The second-order valence-electron chi connectivity index (χ2n) is 2.33. The van der Waals surface area contributed by atoms with Gasteiger partial charge in [0.25, 0.3) is 0 Å². The van der Waals surface area contributed by atoms with Crippen molar-refractivity contribution < 1.29 is 42.5 Å². The minimum absolute atomic E-state index is 0. The standard InChI is InChI=1S/C6H3Cl3N2O3S.Na/c7-3-1-4(8)6(5(9)2-3)10-11-15(12,13)14;/h1-2H,(H,12,13,14);/q;+1/p-1. The Morgan fingerprint density at radius 2 is 1.56 bits per heavy atom. The normalized spacial score (nSPS) is 11.5. The number of hydrogen-bond donors (Lipinski definition) is 0. The van der Waals surface area contributed by atoms with E-state index in [0.29, 0.717) is 0 Å². The van der Waals surface area contributed by atoms with Crippen molar-refractivity contribution >= 4 is 50.8 Å². The van der Waals surface area contributed by atoms with Crippen LogP contribution in [-0.4, -0.2) is 13.0 Å². The Bertz CT molecular complexity index is 497. The Morgan fingerprint density at radius 1 is 1.12 bits per heavy atom. The van der Waals surface area contributed by atoms with Crippen molar-refractivity contribution in [2.75, 3.05) is 0 Å². The Morgan fingerprint density at radius 3 is 1.94 bits per heavy atom. The minimum Gasteiger partial charge on any atom is -0.728 e. The molecule has 0 fully saturated rings. The van der Waals surface area contributed by atoms with Crippen LogP contribution < -0.4 is 29.6 Å². The van der Waals surface area contributed by atoms with E-state index in [9.17, 15) is 13.0 Å². The molecular formula is C6H2Cl3N2NaO3S. The summed E-state index contributed by atoms with van der Waals surface area (Å²) in [7, 11) is -4.81. The largest absolute Gasteiger partial charge is 1.00 e. The third-order valence-corrected chi connectivity index (χ3v) is 2.30. The van der Waals surface area contributed by atoms with E-state index >= 15 is 0 Å². The molecule has 0 aromatic heterocycles. The maximum Gasteiger partial charge on any atom is 1.00 e. The fourth-order valence-electron chi connectivity index (χ4n) is 0.721. The summed E-state index contributed by atoms with van der Waals surface area (Å²) < 4.78 is 33.0. The van der Waals surface area contributed by atoms with Crippen LogP contribution in [0.5, 0.6) is 0 Å². The van der Waals surface area contributed by atoms with Crippen molar-refractivity contribution in [3.63, 3.8) is 0 Å². The number of hydrogen-bond acceptors (Lipinski definition) is 4. The van der Waals surface area contributed by atoms with Gasteiger partial charge in [0.05, 0.1) is 10.0 Å². The molecule has 0 saturated heterocycles. The fourth-order valence-corrected chi connectivity index (χ4v) is 1.80. The van der Waals surface area contributed by atoms with Gasteiger partial charge in [-0.2, -0.15) is 0 Å². The zero-order valence-corrected chi connectivity index (χ0v) is 12.9. The molecule has 0 aliphatic heterocycles. The summed E-state index contributed by atoms with van der Waals surface area (Å²) >= 11 is 16.9. The summed E-state index contributed by atoms with van der Waals surface area (Å²) in [6, 6.07) is 2.58. The smallest absolute Gasteiger partial charge is 0.728 e. The Kier molecular flexibility index (Phi) is 6.75. The zero-order valence-electron chi connectivity index (χ0n) is 7.82. The molecule has 16 heavy (non-hydrogen) atoms. The molecule has 0 atom stereocenters. The van der Waals surface area contributed by atoms with Crippen LogP contribution in [0, 0.1) is 0 Å². The molecule has 0 radical (unpaired) electrons. The first-order valence-corrected chi connectivity index (χ1v) is 5.83. The van der Waals surface area contributed by atoms with E-state index in [1.54, 1.807) is 0 Å². The quantitative estimate of drug-likeness (QED) is 0.444. The Hall–Kier alpha value is 0.600. The van der Waals surface area contributed by atoms with Crippen molar-refractivity contribution in [3.8, 4) is 0 Å². The van der Waals surface area contributed by atoms with Gasteiger partial charge in [-0.05, 0) is 12.1 Å². The number of nitrogens with zero attached hydrogens (tertiary/aromatic N) is 2. The fraction of sp³-hybridized carbons (Fsp3) is 0. The van der Waals surface area contributed by atoms with E-state index in [1.165, 1.54) is 12.1 Å². The van der Waals surface area contributed by atoms with Gasteiger partial charge in [0.2, 0.25) is 10.3 Å². The summed E-state index contributed by atoms with van der Waals surface area (Å²) in [6.07, 6.45) is 0. The van der Waals surface area contributed by atoms with Crippen LogP contribution in [0.2, 0.25) is 15.1 Å². The van der Waals surface area contributed by atoms with Crippen LogP contribution in [0.1, 0.15) is 0 Å². The molecule has 1 aromatic rings. The maximum atomic E-state index is 10.2. The summed E-state index contributed by atoms with van der Waals surface area (Å²) in [5.74, 6) is 0. The SMILES string of the molecule is O=S(=O)([O-])N=Nc1c(Cl)cc(Cl)cc1Cl.[Na+]. The zero-order chi connectivity index (χ0) is 11.6. The van der Waals surface area contributed by atoms with E-state index < -0.39 is 10.3 Å². The Balaban J connectivity index is 0.00000225. The van der Waals surface area contributed by atoms with E-state index in [0.717, 1.165) is 0 Å². The van der Waals surface area contributed by atoms with Gasteiger partial charge in [-0.1, -0.05) is 39.3 Å². The van der Waals surface area contributed by atoms with Crippen molar-refractivity contribution in [3.05, 3.63) is 27.2 Å². The molecule has 5 nitrogen and oxygen atoms in total. The molecule has 0 aliphatic carbocycles.